The molecule has 3 N–H and O–H groups in total. The van der Waals surface area contributed by atoms with E-state index in [1.165, 1.54) is 19.4 Å². The summed E-state index contributed by atoms with van der Waals surface area (Å²) in [6, 6.07) is 1.18. The van der Waals surface area contributed by atoms with Gasteiger partial charge in [-0.25, -0.2) is 27.0 Å². The number of carbonyl (C=O) groups is 4. The summed E-state index contributed by atoms with van der Waals surface area (Å²) < 4.78 is 112. The van der Waals surface area contributed by atoms with Gasteiger partial charge in [0.1, 0.15) is 35.1 Å². The van der Waals surface area contributed by atoms with Crippen LogP contribution in [0.1, 0.15) is 72.6 Å². The molecule has 0 radical (unpaired) electrons. The topological polar surface area (TPSA) is 182 Å². The summed E-state index contributed by atoms with van der Waals surface area (Å²) in [4.78, 5) is 61.5. The van der Waals surface area contributed by atoms with E-state index in [2.05, 4.69) is 15.6 Å². The van der Waals surface area contributed by atoms with Crippen LogP contribution < -0.4 is 24.8 Å². The highest BCUT2D eigenvalue weighted by molar-refractivity contribution is 7.91. The Morgan fingerprint density at radius 1 is 1.12 bits per heavy atom. The molecule has 1 aromatic heterocycles. The number of ether oxygens (including phenoxy) is 3. The van der Waals surface area contributed by atoms with Crippen molar-refractivity contribution in [2.75, 3.05) is 20.3 Å². The fourth-order valence-corrected chi connectivity index (χ4v) is 9.18. The third kappa shape index (κ3) is 8.77. The van der Waals surface area contributed by atoms with Crippen molar-refractivity contribution in [3.63, 3.8) is 0 Å². The zero-order valence-corrected chi connectivity index (χ0v) is 34.0. The van der Waals surface area contributed by atoms with Gasteiger partial charge >= 0.3 is 12.3 Å². The number of alkyl carbamates (subject to hydrolysis) is 1. The number of pyridine rings is 1. The van der Waals surface area contributed by atoms with Crippen molar-refractivity contribution in [1.29, 1.82) is 0 Å². The molecule has 1 aromatic carbocycles. The van der Waals surface area contributed by atoms with Gasteiger partial charge in [0.2, 0.25) is 33.3 Å². The smallest absolute Gasteiger partial charge is 0.427 e. The van der Waals surface area contributed by atoms with Crippen molar-refractivity contribution in [1.82, 2.24) is 25.2 Å². The van der Waals surface area contributed by atoms with E-state index in [0.29, 0.717) is 38.5 Å². The molecule has 4 aliphatic rings. The minimum absolute atomic E-state index is 0.00807. The normalized spacial score (nSPS) is 28.6. The minimum Gasteiger partial charge on any atom is -0.494 e. The van der Waals surface area contributed by atoms with Crippen LogP contribution in [0.4, 0.5) is 26.7 Å². The first-order chi connectivity index (χ1) is 27.6. The fraction of sp³-hybridized carbons (Fsp3) is 0.615. The van der Waals surface area contributed by atoms with Gasteiger partial charge in [0.05, 0.1) is 13.7 Å². The molecule has 1 saturated heterocycles. The second-order valence-corrected chi connectivity index (χ2v) is 18.7. The van der Waals surface area contributed by atoms with Crippen molar-refractivity contribution in [2.24, 2.45) is 17.8 Å². The number of fused-ring (bicyclic) bond motifs is 3. The maximum atomic E-state index is 14.9. The molecule has 3 fully saturated rings. The molecule has 2 saturated carbocycles. The van der Waals surface area contributed by atoms with Crippen LogP contribution in [0, 0.1) is 23.6 Å². The summed E-state index contributed by atoms with van der Waals surface area (Å²) in [5, 5.41) is 5.71. The van der Waals surface area contributed by atoms with Gasteiger partial charge in [-0.3, -0.25) is 19.1 Å². The van der Waals surface area contributed by atoms with E-state index in [-0.39, 0.29) is 55.2 Å². The molecule has 2 aromatic rings. The van der Waals surface area contributed by atoms with Crippen LogP contribution in [-0.4, -0.2) is 103 Å². The molecule has 7 atom stereocenters. The first kappa shape index (κ1) is 43.8. The van der Waals surface area contributed by atoms with Crippen molar-refractivity contribution in [3.05, 3.63) is 42.4 Å². The molecule has 59 heavy (non-hydrogen) atoms. The molecule has 2 aliphatic carbocycles. The van der Waals surface area contributed by atoms with Crippen molar-refractivity contribution < 1.29 is 63.8 Å². The number of allylic oxidation sites excluding steroid dienone is 1. The van der Waals surface area contributed by atoms with E-state index in [1.807, 2.05) is 11.6 Å². The van der Waals surface area contributed by atoms with Gasteiger partial charge < -0.3 is 29.7 Å². The summed E-state index contributed by atoms with van der Waals surface area (Å²) in [5.74, 6) is -5.18. The number of benzene rings is 1. The number of hydrogen-bond acceptors (Lipinski definition) is 10. The van der Waals surface area contributed by atoms with E-state index in [4.69, 9.17) is 14.2 Å². The first-order valence-corrected chi connectivity index (χ1v) is 20.8. The number of halogens is 5. The molecule has 7 unspecified atom stereocenters. The lowest BCUT2D eigenvalue weighted by atomic mass is 9.88. The highest BCUT2D eigenvalue weighted by Crippen LogP contribution is 2.48. The van der Waals surface area contributed by atoms with E-state index in [0.717, 1.165) is 11.0 Å². The van der Waals surface area contributed by atoms with E-state index in [1.54, 1.807) is 25.1 Å². The molecule has 4 amide bonds. The van der Waals surface area contributed by atoms with Crippen molar-refractivity contribution in [3.8, 4) is 11.6 Å². The van der Waals surface area contributed by atoms with E-state index in [9.17, 15) is 49.5 Å². The molecule has 0 bridgehead atoms. The molecule has 20 heteroatoms. The fourth-order valence-electron chi connectivity index (χ4n) is 7.75. The number of nitrogens with one attached hydrogen (secondary N) is 3. The van der Waals surface area contributed by atoms with Crippen LogP contribution in [0.15, 0.2) is 36.5 Å². The van der Waals surface area contributed by atoms with Crippen LogP contribution in [0.2, 0.25) is 0 Å². The minimum atomic E-state index is -4.95. The largest absolute Gasteiger partial charge is 0.494 e. The Balaban J connectivity index is 1.36. The molecule has 6 rings (SSSR count). The molecule has 0 spiro atoms. The third-order valence-electron chi connectivity index (χ3n) is 11.8. The number of alkyl halides is 4. The number of aromatic nitrogens is 1. The SMILES string of the molecule is COc1cc2ccnc(OC3CC4C(=O)NC5(C(=O)NS(=O)(=O)C6(CF)CC6)CC5C=CCCC(C)CC(C)C(NC(=O)OC(C)(C)C(F)(F)F)C(=O)N4C3)c2cc1F. The molecule has 14 nitrogen and oxygen atoms in total. The standard InChI is InChI=1S/C39H48F5N5O9S/c1-21-8-6-7-9-24-18-38(24,34(52)48-59(54,55)37(20-40)11-12-37)47-31(50)28-16-25(57-32-26-17-27(41)29(56-5)15-23(26)10-13-45-32)19-49(28)33(51)30(22(2)14-21)46-35(53)58-36(3,4)39(42,43)44/h7,9-10,13,15,17,21-22,24-25,28,30H,6,8,11-12,14,16,18-20H2,1-5H3,(H,46,53)(H,47,50)(H,48,52). The van der Waals surface area contributed by atoms with Crippen LogP contribution in [0.3, 0.4) is 0 Å². The zero-order chi connectivity index (χ0) is 43.3. The number of amides is 4. The molecular weight excluding hydrogens is 810 g/mol. The lowest BCUT2D eigenvalue weighted by Gasteiger charge is -2.34. The van der Waals surface area contributed by atoms with Crippen LogP contribution in [-0.2, 0) is 29.1 Å². The second kappa shape index (κ2) is 16.0. The Morgan fingerprint density at radius 2 is 1.83 bits per heavy atom. The number of rotatable bonds is 9. The van der Waals surface area contributed by atoms with Gasteiger partial charge in [-0.1, -0.05) is 26.0 Å². The Bertz CT molecular complexity index is 2130. The average Bonchev–Trinajstić information content (AvgIpc) is 4.06. The monoisotopic (exact) mass is 857 g/mol. The summed E-state index contributed by atoms with van der Waals surface area (Å²) in [6.07, 6.45) is -1.58. The molecule has 2 aliphatic heterocycles. The zero-order valence-electron chi connectivity index (χ0n) is 33.2. The molecule has 324 valence electrons. The summed E-state index contributed by atoms with van der Waals surface area (Å²) in [7, 11) is -3.19. The number of sulfonamides is 1. The first-order valence-electron chi connectivity index (χ1n) is 19.3. The second-order valence-electron chi connectivity index (χ2n) is 16.7. The summed E-state index contributed by atoms with van der Waals surface area (Å²) >= 11 is 0. The molecule has 3 heterocycles. The van der Waals surface area contributed by atoms with Gasteiger partial charge in [-0.05, 0) is 87.8 Å². The van der Waals surface area contributed by atoms with Crippen LogP contribution in [0.25, 0.3) is 10.8 Å². The highest BCUT2D eigenvalue weighted by Gasteiger charge is 2.64. The predicted molar refractivity (Wildman–Crippen MR) is 202 cm³/mol. The maximum Gasteiger partial charge on any atom is 0.427 e. The Kier molecular flexibility index (Phi) is 11.9. The van der Waals surface area contributed by atoms with Crippen LogP contribution in [0.5, 0.6) is 11.6 Å². The van der Waals surface area contributed by atoms with E-state index >= 15 is 0 Å². The lowest BCUT2D eigenvalue weighted by molar-refractivity contribution is -0.244. The lowest BCUT2D eigenvalue weighted by Crippen LogP contribution is -2.60. The summed E-state index contributed by atoms with van der Waals surface area (Å²) in [6.45, 7) is 3.27. The number of methoxy groups -OCH3 is 1. The number of carbonyl (C=O) groups excluding carboxylic acids is 4. The van der Waals surface area contributed by atoms with Gasteiger partial charge in [0.15, 0.2) is 11.6 Å². The van der Waals surface area contributed by atoms with Gasteiger partial charge in [-0.15, -0.1) is 0 Å². The van der Waals surface area contributed by atoms with Crippen molar-refractivity contribution in [2.45, 2.75) is 113 Å². The summed E-state index contributed by atoms with van der Waals surface area (Å²) in [5.41, 5.74) is -4.74. The quantitative estimate of drug-likeness (QED) is 0.229. The Labute approximate surface area is 338 Å². The number of nitrogens with zero attached hydrogens (tertiary/aromatic N) is 2. The van der Waals surface area contributed by atoms with Crippen molar-refractivity contribution >= 4 is 44.6 Å². The van der Waals surface area contributed by atoms with E-state index < -0.39 is 98.4 Å². The average molecular weight is 858 g/mol. The third-order valence-corrected chi connectivity index (χ3v) is 14.0. The highest BCUT2D eigenvalue weighted by atomic mass is 32.2. The number of hydrogen-bond donors (Lipinski definition) is 3. The molecular formula is C39H48F5N5O9S. The maximum absolute atomic E-state index is 14.9. The van der Waals surface area contributed by atoms with Gasteiger partial charge in [-0.2, -0.15) is 13.2 Å². The van der Waals surface area contributed by atoms with Gasteiger partial charge in [0, 0.05) is 23.9 Å². The van der Waals surface area contributed by atoms with Crippen LogP contribution >= 0.6 is 0 Å². The Morgan fingerprint density at radius 3 is 2.47 bits per heavy atom. The van der Waals surface area contributed by atoms with Gasteiger partial charge in [0.25, 0.3) is 5.91 Å². The Hall–Kier alpha value is -4.75. The predicted octanol–water partition coefficient (Wildman–Crippen LogP) is 5.00.